The van der Waals surface area contributed by atoms with Crippen LogP contribution in [0, 0.1) is 11.8 Å². The molecule has 0 aromatic heterocycles. The molecule has 1 rings (SSSR count). The van der Waals surface area contributed by atoms with E-state index in [0.29, 0.717) is 25.7 Å². The SMILES string of the molecule is CCCN(CC(F)(F)F)C(=O)[C@@H]1CCC[C@@H]1C(=O)O. The van der Waals surface area contributed by atoms with E-state index in [9.17, 15) is 22.8 Å². The smallest absolute Gasteiger partial charge is 0.406 e. The molecule has 0 spiro atoms. The molecule has 0 radical (unpaired) electrons. The Morgan fingerprint density at radius 1 is 1.26 bits per heavy atom. The fraction of sp³-hybridized carbons (Fsp3) is 0.833. The minimum atomic E-state index is -4.46. The first-order chi connectivity index (χ1) is 8.76. The highest BCUT2D eigenvalue weighted by atomic mass is 19.4. The van der Waals surface area contributed by atoms with E-state index in [4.69, 9.17) is 5.11 Å². The van der Waals surface area contributed by atoms with Gasteiger partial charge in [0.25, 0.3) is 0 Å². The van der Waals surface area contributed by atoms with Crippen molar-refractivity contribution in [2.45, 2.75) is 38.8 Å². The molecule has 0 heterocycles. The van der Waals surface area contributed by atoms with Crippen molar-refractivity contribution in [3.8, 4) is 0 Å². The van der Waals surface area contributed by atoms with Gasteiger partial charge in [-0.05, 0) is 19.3 Å². The second-order valence-corrected chi connectivity index (χ2v) is 4.86. The summed E-state index contributed by atoms with van der Waals surface area (Å²) in [4.78, 5) is 23.8. The molecule has 0 unspecified atom stereocenters. The number of aliphatic carboxylic acids is 1. The van der Waals surface area contributed by atoms with Crippen molar-refractivity contribution < 1.29 is 27.9 Å². The van der Waals surface area contributed by atoms with Crippen molar-refractivity contribution in [1.29, 1.82) is 0 Å². The van der Waals surface area contributed by atoms with Gasteiger partial charge in [-0.25, -0.2) is 0 Å². The Morgan fingerprint density at radius 3 is 2.32 bits per heavy atom. The third-order valence-electron chi connectivity index (χ3n) is 3.33. The van der Waals surface area contributed by atoms with Crippen LogP contribution in [0.5, 0.6) is 0 Å². The van der Waals surface area contributed by atoms with Crippen LogP contribution in [0.1, 0.15) is 32.6 Å². The number of amides is 1. The highest BCUT2D eigenvalue weighted by Gasteiger charge is 2.42. The molecule has 0 aromatic carbocycles. The molecule has 4 nitrogen and oxygen atoms in total. The molecular formula is C12H18F3NO3. The number of hydrogen-bond donors (Lipinski definition) is 1. The van der Waals surface area contributed by atoms with Crippen LogP contribution in [-0.4, -0.2) is 41.1 Å². The summed E-state index contributed by atoms with van der Waals surface area (Å²) in [6.45, 7) is 0.379. The van der Waals surface area contributed by atoms with Gasteiger partial charge in [0.05, 0.1) is 11.8 Å². The van der Waals surface area contributed by atoms with E-state index in [1.807, 2.05) is 0 Å². The predicted molar refractivity (Wildman–Crippen MR) is 61.4 cm³/mol. The maximum atomic E-state index is 12.4. The van der Waals surface area contributed by atoms with Crippen LogP contribution >= 0.6 is 0 Å². The fourth-order valence-corrected chi connectivity index (χ4v) is 2.54. The molecule has 19 heavy (non-hydrogen) atoms. The third-order valence-corrected chi connectivity index (χ3v) is 3.33. The minimum absolute atomic E-state index is 0.00117. The maximum Gasteiger partial charge on any atom is 0.406 e. The summed E-state index contributed by atoms with van der Waals surface area (Å²) < 4.78 is 37.3. The lowest BCUT2D eigenvalue weighted by Crippen LogP contribution is -2.44. The van der Waals surface area contributed by atoms with E-state index >= 15 is 0 Å². The molecule has 2 atom stereocenters. The van der Waals surface area contributed by atoms with Crippen molar-refractivity contribution >= 4 is 11.9 Å². The Morgan fingerprint density at radius 2 is 1.84 bits per heavy atom. The van der Waals surface area contributed by atoms with Gasteiger partial charge in [0.15, 0.2) is 0 Å². The molecule has 1 amide bonds. The highest BCUT2D eigenvalue weighted by molar-refractivity contribution is 5.85. The van der Waals surface area contributed by atoms with Crippen LogP contribution in [0.15, 0.2) is 0 Å². The Kier molecular flexibility index (Phi) is 5.20. The number of alkyl halides is 3. The largest absolute Gasteiger partial charge is 0.481 e. The summed E-state index contributed by atoms with van der Waals surface area (Å²) in [7, 11) is 0. The second kappa shape index (κ2) is 6.25. The van der Waals surface area contributed by atoms with Gasteiger partial charge < -0.3 is 10.0 Å². The molecule has 1 aliphatic carbocycles. The molecular weight excluding hydrogens is 263 g/mol. The molecule has 110 valence electrons. The molecule has 1 aliphatic rings. The predicted octanol–water partition coefficient (Wildman–Crippen LogP) is 2.29. The van der Waals surface area contributed by atoms with Crippen molar-refractivity contribution in [3.63, 3.8) is 0 Å². The van der Waals surface area contributed by atoms with E-state index < -0.39 is 36.4 Å². The van der Waals surface area contributed by atoms with Crippen LogP contribution in [0.25, 0.3) is 0 Å². The van der Waals surface area contributed by atoms with Gasteiger partial charge in [-0.15, -0.1) is 0 Å². The quantitative estimate of drug-likeness (QED) is 0.841. The first-order valence-electron chi connectivity index (χ1n) is 6.34. The summed E-state index contributed by atoms with van der Waals surface area (Å²) in [6, 6.07) is 0. The van der Waals surface area contributed by atoms with Crippen molar-refractivity contribution in [2.75, 3.05) is 13.1 Å². The van der Waals surface area contributed by atoms with Crippen molar-refractivity contribution in [3.05, 3.63) is 0 Å². The van der Waals surface area contributed by atoms with Gasteiger partial charge in [0.2, 0.25) is 5.91 Å². The molecule has 1 saturated carbocycles. The van der Waals surface area contributed by atoms with Crippen LogP contribution in [0.4, 0.5) is 13.2 Å². The fourth-order valence-electron chi connectivity index (χ4n) is 2.54. The van der Waals surface area contributed by atoms with Gasteiger partial charge in [0.1, 0.15) is 6.54 Å². The van der Waals surface area contributed by atoms with Gasteiger partial charge >= 0.3 is 12.1 Å². The number of halogens is 3. The lowest BCUT2D eigenvalue weighted by atomic mass is 9.94. The number of hydrogen-bond acceptors (Lipinski definition) is 2. The topological polar surface area (TPSA) is 57.6 Å². The summed E-state index contributed by atoms with van der Waals surface area (Å²) in [5.74, 6) is -3.44. The zero-order valence-corrected chi connectivity index (χ0v) is 10.7. The number of carbonyl (C=O) groups is 2. The number of carbonyl (C=O) groups excluding carboxylic acids is 1. The lowest BCUT2D eigenvalue weighted by molar-refractivity contribution is -0.166. The summed E-state index contributed by atoms with van der Waals surface area (Å²) >= 11 is 0. The molecule has 0 saturated heterocycles. The summed E-state index contributed by atoms with van der Waals surface area (Å²) in [6.07, 6.45) is -2.76. The average molecular weight is 281 g/mol. The molecule has 0 aliphatic heterocycles. The monoisotopic (exact) mass is 281 g/mol. The van der Waals surface area contributed by atoms with E-state index in [1.54, 1.807) is 6.92 Å². The third kappa shape index (κ3) is 4.40. The molecule has 1 fully saturated rings. The Bertz CT molecular complexity index is 344. The summed E-state index contributed by atoms with van der Waals surface area (Å²) in [5, 5.41) is 8.98. The van der Waals surface area contributed by atoms with E-state index in [2.05, 4.69) is 0 Å². The van der Waals surface area contributed by atoms with Gasteiger partial charge in [-0.3, -0.25) is 9.59 Å². The van der Waals surface area contributed by atoms with Gasteiger partial charge in [-0.1, -0.05) is 13.3 Å². The zero-order valence-electron chi connectivity index (χ0n) is 10.7. The standard InChI is InChI=1S/C12H18F3NO3/c1-2-6-16(7-12(13,14)15)10(17)8-4-3-5-9(8)11(18)19/h8-9H,2-7H2,1H3,(H,18,19)/t8-,9+/m1/s1. The molecule has 0 aromatic rings. The Labute approximate surface area is 109 Å². The average Bonchev–Trinajstić information content (AvgIpc) is 2.74. The highest BCUT2D eigenvalue weighted by Crippen LogP contribution is 2.34. The van der Waals surface area contributed by atoms with Crippen molar-refractivity contribution in [1.82, 2.24) is 4.90 Å². The van der Waals surface area contributed by atoms with Crippen molar-refractivity contribution in [2.24, 2.45) is 11.8 Å². The number of carboxylic acid groups (broad SMARTS) is 1. The van der Waals surface area contributed by atoms with Crippen LogP contribution in [0.3, 0.4) is 0 Å². The second-order valence-electron chi connectivity index (χ2n) is 4.86. The van der Waals surface area contributed by atoms with Crippen LogP contribution in [-0.2, 0) is 9.59 Å². The molecule has 1 N–H and O–H groups in total. The number of carboxylic acids is 1. The normalized spacial score (nSPS) is 23.4. The minimum Gasteiger partial charge on any atom is -0.481 e. The zero-order chi connectivity index (χ0) is 14.6. The number of nitrogens with zero attached hydrogens (tertiary/aromatic N) is 1. The van der Waals surface area contributed by atoms with Gasteiger partial charge in [-0.2, -0.15) is 13.2 Å². The first-order valence-corrected chi connectivity index (χ1v) is 6.34. The maximum absolute atomic E-state index is 12.4. The lowest BCUT2D eigenvalue weighted by Gasteiger charge is -2.27. The molecule has 7 heteroatoms. The number of rotatable bonds is 5. The van der Waals surface area contributed by atoms with E-state index in [0.717, 1.165) is 4.90 Å². The van der Waals surface area contributed by atoms with Crippen LogP contribution in [0.2, 0.25) is 0 Å². The van der Waals surface area contributed by atoms with Gasteiger partial charge in [0, 0.05) is 6.54 Å². The van der Waals surface area contributed by atoms with E-state index in [1.165, 1.54) is 0 Å². The first kappa shape index (κ1) is 15.8. The Balaban J connectivity index is 2.78. The summed E-state index contributed by atoms with van der Waals surface area (Å²) in [5.41, 5.74) is 0. The Hall–Kier alpha value is -1.27. The molecule has 0 bridgehead atoms. The van der Waals surface area contributed by atoms with Crippen LogP contribution < -0.4 is 0 Å². The van der Waals surface area contributed by atoms with E-state index in [-0.39, 0.29) is 6.54 Å².